The van der Waals surface area contributed by atoms with Crippen molar-refractivity contribution in [3.05, 3.63) is 0 Å². The first-order chi connectivity index (χ1) is 9.59. The fourth-order valence-electron chi connectivity index (χ4n) is 4.16. The van der Waals surface area contributed by atoms with Crippen molar-refractivity contribution in [3.63, 3.8) is 0 Å². The summed E-state index contributed by atoms with van der Waals surface area (Å²) in [5, 5.41) is 3.84. The van der Waals surface area contributed by atoms with E-state index in [1.165, 1.54) is 44.9 Å². The number of hydrogen-bond donors (Lipinski definition) is 1. The Balaban J connectivity index is 2.89. The van der Waals surface area contributed by atoms with Gasteiger partial charge in [0.1, 0.15) is 0 Å². The molecule has 0 heterocycles. The Hall–Kier alpha value is -0.0800. The highest BCUT2D eigenvalue weighted by Gasteiger charge is 2.44. The normalized spacial score (nSPS) is 30.1. The summed E-state index contributed by atoms with van der Waals surface area (Å²) in [6.45, 7) is 13.5. The van der Waals surface area contributed by atoms with Gasteiger partial charge in [0.25, 0.3) is 0 Å². The Morgan fingerprint density at radius 1 is 1.25 bits per heavy atom. The molecule has 0 bridgehead atoms. The lowest BCUT2D eigenvalue weighted by Gasteiger charge is -2.48. The summed E-state index contributed by atoms with van der Waals surface area (Å²) in [4.78, 5) is 0. The highest BCUT2D eigenvalue weighted by atomic mass is 16.5. The van der Waals surface area contributed by atoms with Crippen LogP contribution in [0.25, 0.3) is 0 Å². The van der Waals surface area contributed by atoms with Crippen LogP contribution in [0.4, 0.5) is 0 Å². The Morgan fingerprint density at radius 2 is 2.00 bits per heavy atom. The summed E-state index contributed by atoms with van der Waals surface area (Å²) >= 11 is 0. The maximum Gasteiger partial charge on any atom is 0.0839 e. The van der Waals surface area contributed by atoms with Crippen molar-refractivity contribution in [2.45, 2.75) is 91.2 Å². The Kier molecular flexibility index (Phi) is 8.13. The van der Waals surface area contributed by atoms with Crippen LogP contribution in [-0.2, 0) is 4.74 Å². The summed E-state index contributed by atoms with van der Waals surface area (Å²) in [6, 6.07) is 0.519. The average molecular weight is 284 g/mol. The van der Waals surface area contributed by atoms with Crippen LogP contribution in [0.3, 0.4) is 0 Å². The fraction of sp³-hybridized carbons (Fsp3) is 1.00. The molecule has 0 spiro atoms. The van der Waals surface area contributed by atoms with Crippen LogP contribution in [0.1, 0.15) is 79.6 Å². The molecule has 1 rings (SSSR count). The minimum atomic E-state index is 0.0795. The summed E-state index contributed by atoms with van der Waals surface area (Å²) in [6.07, 6.45) is 8.93. The van der Waals surface area contributed by atoms with Crippen LogP contribution in [0.15, 0.2) is 0 Å². The number of nitrogens with one attached hydrogen (secondary N) is 1. The molecule has 0 aliphatic heterocycles. The van der Waals surface area contributed by atoms with Gasteiger partial charge in [-0.2, -0.15) is 0 Å². The van der Waals surface area contributed by atoms with E-state index in [1.54, 1.807) is 0 Å². The summed E-state index contributed by atoms with van der Waals surface area (Å²) in [5.41, 5.74) is 0.0795. The van der Waals surface area contributed by atoms with E-state index in [4.69, 9.17) is 4.74 Å². The molecule has 2 heteroatoms. The summed E-state index contributed by atoms with van der Waals surface area (Å²) in [5.74, 6) is 1.50. The van der Waals surface area contributed by atoms with Gasteiger partial charge in [0, 0.05) is 12.6 Å². The van der Waals surface area contributed by atoms with Gasteiger partial charge < -0.3 is 10.1 Å². The molecule has 120 valence electrons. The highest BCUT2D eigenvalue weighted by molar-refractivity contribution is 4.99. The zero-order chi connectivity index (χ0) is 15.0. The topological polar surface area (TPSA) is 21.3 Å². The van der Waals surface area contributed by atoms with Gasteiger partial charge in [-0.15, -0.1) is 0 Å². The Morgan fingerprint density at radius 3 is 2.55 bits per heavy atom. The second kappa shape index (κ2) is 9.04. The number of hydrogen-bond acceptors (Lipinski definition) is 2. The van der Waals surface area contributed by atoms with Crippen molar-refractivity contribution >= 4 is 0 Å². The SMILES string of the molecule is CCCNC(C(C)CCC)C1(OCC)CCCC(C)C1. The maximum atomic E-state index is 6.41. The van der Waals surface area contributed by atoms with Crippen LogP contribution >= 0.6 is 0 Å². The molecule has 0 saturated heterocycles. The first-order valence-electron chi connectivity index (χ1n) is 8.96. The second-order valence-electron chi connectivity index (χ2n) is 6.90. The van der Waals surface area contributed by atoms with Crippen LogP contribution in [0, 0.1) is 11.8 Å². The van der Waals surface area contributed by atoms with Crippen LogP contribution in [0.5, 0.6) is 0 Å². The first kappa shape index (κ1) is 18.0. The van der Waals surface area contributed by atoms with Crippen molar-refractivity contribution in [2.24, 2.45) is 11.8 Å². The standard InChI is InChI=1S/C18H37NO/c1-6-10-16(5)17(19-13-7-2)18(20-8-3)12-9-11-15(4)14-18/h15-17,19H,6-14H2,1-5H3. The predicted molar refractivity (Wildman–Crippen MR) is 88.1 cm³/mol. The van der Waals surface area contributed by atoms with E-state index >= 15 is 0 Å². The van der Waals surface area contributed by atoms with E-state index in [2.05, 4.69) is 39.9 Å². The van der Waals surface area contributed by atoms with E-state index < -0.39 is 0 Å². The van der Waals surface area contributed by atoms with Gasteiger partial charge in [0.2, 0.25) is 0 Å². The van der Waals surface area contributed by atoms with Crippen molar-refractivity contribution < 1.29 is 4.74 Å². The van der Waals surface area contributed by atoms with E-state index in [-0.39, 0.29) is 5.60 Å². The molecule has 1 N–H and O–H groups in total. The molecule has 2 nitrogen and oxygen atoms in total. The molecule has 1 saturated carbocycles. The predicted octanol–water partition coefficient (Wildman–Crippen LogP) is 4.78. The van der Waals surface area contributed by atoms with Crippen molar-refractivity contribution in [3.8, 4) is 0 Å². The molecular formula is C18H37NO. The molecule has 1 aliphatic carbocycles. The fourth-order valence-corrected chi connectivity index (χ4v) is 4.16. The number of rotatable bonds is 9. The lowest BCUT2D eigenvalue weighted by molar-refractivity contribution is -0.111. The number of ether oxygens (including phenoxy) is 1. The minimum absolute atomic E-state index is 0.0795. The molecule has 0 aromatic rings. The zero-order valence-corrected chi connectivity index (χ0v) is 14.5. The Bertz CT molecular complexity index is 252. The van der Waals surface area contributed by atoms with Crippen LogP contribution < -0.4 is 5.32 Å². The molecule has 0 amide bonds. The smallest absolute Gasteiger partial charge is 0.0839 e. The third kappa shape index (κ3) is 4.73. The molecule has 0 radical (unpaired) electrons. The van der Waals surface area contributed by atoms with Gasteiger partial charge in [-0.05, 0) is 51.0 Å². The van der Waals surface area contributed by atoms with E-state index in [0.717, 1.165) is 19.1 Å². The largest absolute Gasteiger partial charge is 0.374 e. The van der Waals surface area contributed by atoms with Gasteiger partial charge >= 0.3 is 0 Å². The molecule has 4 unspecified atom stereocenters. The molecule has 1 aliphatic rings. The summed E-state index contributed by atoms with van der Waals surface area (Å²) < 4.78 is 6.41. The van der Waals surface area contributed by atoms with Gasteiger partial charge in [0.05, 0.1) is 5.60 Å². The van der Waals surface area contributed by atoms with Gasteiger partial charge in [-0.1, -0.05) is 47.0 Å². The van der Waals surface area contributed by atoms with Crippen molar-refractivity contribution in [2.75, 3.05) is 13.2 Å². The van der Waals surface area contributed by atoms with Crippen molar-refractivity contribution in [1.82, 2.24) is 5.32 Å². The van der Waals surface area contributed by atoms with E-state index in [1.807, 2.05) is 0 Å². The van der Waals surface area contributed by atoms with Crippen LogP contribution in [-0.4, -0.2) is 24.8 Å². The summed E-state index contributed by atoms with van der Waals surface area (Å²) in [7, 11) is 0. The third-order valence-electron chi connectivity index (χ3n) is 4.92. The van der Waals surface area contributed by atoms with E-state index in [9.17, 15) is 0 Å². The third-order valence-corrected chi connectivity index (χ3v) is 4.92. The minimum Gasteiger partial charge on any atom is -0.374 e. The lowest BCUT2D eigenvalue weighted by atomic mass is 9.70. The van der Waals surface area contributed by atoms with Crippen LogP contribution in [0.2, 0.25) is 0 Å². The highest BCUT2D eigenvalue weighted by Crippen LogP contribution is 2.40. The molecule has 20 heavy (non-hydrogen) atoms. The Labute approximate surface area is 127 Å². The zero-order valence-electron chi connectivity index (χ0n) is 14.5. The quantitative estimate of drug-likeness (QED) is 0.658. The van der Waals surface area contributed by atoms with Crippen molar-refractivity contribution in [1.29, 1.82) is 0 Å². The molecule has 4 atom stereocenters. The molecule has 1 fully saturated rings. The lowest BCUT2D eigenvalue weighted by Crippen LogP contribution is -2.58. The maximum absolute atomic E-state index is 6.41. The second-order valence-corrected chi connectivity index (χ2v) is 6.90. The first-order valence-corrected chi connectivity index (χ1v) is 8.96. The average Bonchev–Trinajstić information content (AvgIpc) is 2.39. The van der Waals surface area contributed by atoms with Gasteiger partial charge in [-0.25, -0.2) is 0 Å². The molecular weight excluding hydrogens is 246 g/mol. The van der Waals surface area contributed by atoms with Gasteiger partial charge in [0.15, 0.2) is 0 Å². The van der Waals surface area contributed by atoms with E-state index in [0.29, 0.717) is 12.0 Å². The molecule has 0 aromatic carbocycles. The monoisotopic (exact) mass is 283 g/mol. The van der Waals surface area contributed by atoms with Gasteiger partial charge in [-0.3, -0.25) is 0 Å². The molecule has 0 aromatic heterocycles.